The van der Waals surface area contributed by atoms with Gasteiger partial charge in [0.1, 0.15) is 6.61 Å². The second-order valence-electron chi connectivity index (χ2n) is 5.68. The third-order valence-electron chi connectivity index (χ3n) is 4.12. The lowest BCUT2D eigenvalue weighted by Crippen LogP contribution is -2.51. The van der Waals surface area contributed by atoms with E-state index in [0.717, 1.165) is 12.8 Å². The van der Waals surface area contributed by atoms with E-state index in [9.17, 15) is 9.59 Å². The highest BCUT2D eigenvalue weighted by Crippen LogP contribution is 2.31. The molecule has 1 aromatic rings. The Balaban J connectivity index is 1.54. The number of para-hydroxylation sites is 2. The molecule has 1 aromatic carbocycles. The van der Waals surface area contributed by atoms with Gasteiger partial charge in [-0.2, -0.15) is 0 Å². The molecule has 2 amide bonds. The number of carbonyl (C=O) groups excluding carboxylic acids is 2. The first-order valence-electron chi connectivity index (χ1n) is 7.77. The number of likely N-dealkylation sites (tertiary alicyclic amines) is 1. The lowest BCUT2D eigenvalue weighted by molar-refractivity contribution is -0.142. The summed E-state index contributed by atoms with van der Waals surface area (Å²) >= 11 is 0. The molecule has 1 atom stereocenters. The number of ether oxygens (including phenoxy) is 2. The molecule has 6 heteroatoms. The molecular formula is C17H20N2O4. The van der Waals surface area contributed by atoms with Crippen LogP contribution in [0.1, 0.15) is 12.8 Å². The SMILES string of the molecule is C=CC(=O)NC1CCN(C(=O)C2COc3ccccc3O2)CC1. The van der Waals surface area contributed by atoms with Crippen LogP contribution < -0.4 is 14.8 Å². The van der Waals surface area contributed by atoms with Gasteiger partial charge >= 0.3 is 0 Å². The molecule has 0 bridgehead atoms. The largest absolute Gasteiger partial charge is 0.485 e. The van der Waals surface area contributed by atoms with E-state index in [4.69, 9.17) is 9.47 Å². The molecule has 0 spiro atoms. The first-order chi connectivity index (χ1) is 11.2. The zero-order valence-electron chi connectivity index (χ0n) is 12.9. The number of rotatable bonds is 3. The van der Waals surface area contributed by atoms with Crippen molar-refractivity contribution in [2.24, 2.45) is 0 Å². The van der Waals surface area contributed by atoms with E-state index < -0.39 is 6.10 Å². The van der Waals surface area contributed by atoms with E-state index in [1.165, 1.54) is 6.08 Å². The molecule has 1 unspecified atom stereocenters. The van der Waals surface area contributed by atoms with E-state index in [1.807, 2.05) is 18.2 Å². The summed E-state index contributed by atoms with van der Waals surface area (Å²) in [6, 6.07) is 7.43. The first-order valence-corrected chi connectivity index (χ1v) is 7.77. The topological polar surface area (TPSA) is 67.9 Å². The molecule has 1 N–H and O–H groups in total. The van der Waals surface area contributed by atoms with Gasteiger partial charge in [0.25, 0.3) is 5.91 Å². The van der Waals surface area contributed by atoms with Crippen LogP contribution in [0.5, 0.6) is 11.5 Å². The average molecular weight is 316 g/mol. The summed E-state index contributed by atoms with van der Waals surface area (Å²) < 4.78 is 11.4. The molecular weight excluding hydrogens is 296 g/mol. The van der Waals surface area contributed by atoms with Crippen molar-refractivity contribution in [2.45, 2.75) is 25.0 Å². The predicted molar refractivity (Wildman–Crippen MR) is 84.3 cm³/mol. The van der Waals surface area contributed by atoms with Gasteiger partial charge in [0.2, 0.25) is 12.0 Å². The van der Waals surface area contributed by atoms with Crippen molar-refractivity contribution < 1.29 is 19.1 Å². The minimum Gasteiger partial charge on any atom is -0.485 e. The monoisotopic (exact) mass is 316 g/mol. The van der Waals surface area contributed by atoms with Gasteiger partial charge in [-0.1, -0.05) is 18.7 Å². The Morgan fingerprint density at radius 2 is 1.91 bits per heavy atom. The maximum Gasteiger partial charge on any atom is 0.267 e. The van der Waals surface area contributed by atoms with Crippen molar-refractivity contribution in [1.29, 1.82) is 0 Å². The number of hydrogen-bond acceptors (Lipinski definition) is 4. The third kappa shape index (κ3) is 3.47. The molecule has 0 radical (unpaired) electrons. The smallest absolute Gasteiger partial charge is 0.267 e. The number of nitrogens with one attached hydrogen (secondary N) is 1. The number of amides is 2. The average Bonchev–Trinajstić information content (AvgIpc) is 2.61. The van der Waals surface area contributed by atoms with Gasteiger partial charge in [0.15, 0.2) is 11.5 Å². The van der Waals surface area contributed by atoms with Crippen molar-refractivity contribution in [1.82, 2.24) is 10.2 Å². The lowest BCUT2D eigenvalue weighted by atomic mass is 10.0. The fourth-order valence-corrected chi connectivity index (χ4v) is 2.85. The molecule has 0 saturated carbocycles. The van der Waals surface area contributed by atoms with E-state index in [1.54, 1.807) is 11.0 Å². The maximum atomic E-state index is 12.6. The van der Waals surface area contributed by atoms with Gasteiger partial charge in [0.05, 0.1) is 0 Å². The fraction of sp³-hybridized carbons (Fsp3) is 0.412. The molecule has 23 heavy (non-hydrogen) atoms. The van der Waals surface area contributed by atoms with Crippen LogP contribution in [-0.4, -0.2) is 48.6 Å². The van der Waals surface area contributed by atoms with Crippen molar-refractivity contribution in [3.8, 4) is 11.5 Å². The van der Waals surface area contributed by atoms with Crippen LogP contribution in [0.15, 0.2) is 36.9 Å². The molecule has 3 rings (SSSR count). The number of nitrogens with zero attached hydrogens (tertiary/aromatic N) is 1. The summed E-state index contributed by atoms with van der Waals surface area (Å²) in [6.07, 6.45) is 2.12. The lowest BCUT2D eigenvalue weighted by Gasteiger charge is -2.35. The van der Waals surface area contributed by atoms with Crippen molar-refractivity contribution in [3.63, 3.8) is 0 Å². The molecule has 1 fully saturated rings. The number of benzene rings is 1. The number of carbonyl (C=O) groups is 2. The number of hydrogen-bond donors (Lipinski definition) is 1. The van der Waals surface area contributed by atoms with E-state index >= 15 is 0 Å². The van der Waals surface area contributed by atoms with Gasteiger partial charge in [-0.3, -0.25) is 9.59 Å². The highest BCUT2D eigenvalue weighted by atomic mass is 16.6. The van der Waals surface area contributed by atoms with Gasteiger partial charge in [-0.05, 0) is 31.1 Å². The first kappa shape index (κ1) is 15.4. The summed E-state index contributed by atoms with van der Waals surface area (Å²) in [5, 5.41) is 2.87. The Bertz CT molecular complexity index is 608. The predicted octanol–water partition coefficient (Wildman–Crippen LogP) is 1.12. The van der Waals surface area contributed by atoms with Crippen molar-refractivity contribution >= 4 is 11.8 Å². The Kier molecular flexibility index (Phi) is 4.50. The molecule has 1 saturated heterocycles. The fourth-order valence-electron chi connectivity index (χ4n) is 2.85. The Morgan fingerprint density at radius 3 is 2.61 bits per heavy atom. The highest BCUT2D eigenvalue weighted by molar-refractivity contribution is 5.87. The molecule has 0 aromatic heterocycles. The van der Waals surface area contributed by atoms with Crippen molar-refractivity contribution in [2.75, 3.05) is 19.7 Å². The van der Waals surface area contributed by atoms with Gasteiger partial charge in [-0.15, -0.1) is 0 Å². The Labute approximate surface area is 135 Å². The zero-order chi connectivity index (χ0) is 16.2. The zero-order valence-corrected chi connectivity index (χ0v) is 12.9. The normalized spacial score (nSPS) is 20.7. The molecule has 2 heterocycles. The Hall–Kier alpha value is -2.50. The highest BCUT2D eigenvalue weighted by Gasteiger charge is 2.33. The second kappa shape index (κ2) is 6.73. The minimum atomic E-state index is -0.607. The minimum absolute atomic E-state index is 0.0620. The van der Waals surface area contributed by atoms with Crippen LogP contribution in [-0.2, 0) is 9.59 Å². The summed E-state index contributed by atoms with van der Waals surface area (Å²) in [6.45, 7) is 4.87. The van der Waals surface area contributed by atoms with Crippen LogP contribution in [0.25, 0.3) is 0 Å². The van der Waals surface area contributed by atoms with Crippen LogP contribution in [0.4, 0.5) is 0 Å². The summed E-state index contributed by atoms with van der Waals surface area (Å²) in [7, 11) is 0. The van der Waals surface area contributed by atoms with E-state index in [2.05, 4.69) is 11.9 Å². The molecule has 6 nitrogen and oxygen atoms in total. The third-order valence-corrected chi connectivity index (χ3v) is 4.12. The van der Waals surface area contributed by atoms with Crippen LogP contribution in [0.3, 0.4) is 0 Å². The standard InChI is InChI=1S/C17H20N2O4/c1-2-16(20)18-12-7-9-19(10-8-12)17(21)15-11-22-13-5-3-4-6-14(13)23-15/h2-6,12,15H,1,7-11H2,(H,18,20). The molecule has 2 aliphatic heterocycles. The quantitative estimate of drug-likeness (QED) is 0.849. The van der Waals surface area contributed by atoms with E-state index in [0.29, 0.717) is 24.6 Å². The number of piperidine rings is 1. The number of fused-ring (bicyclic) bond motifs is 1. The van der Waals surface area contributed by atoms with Crippen LogP contribution in [0.2, 0.25) is 0 Å². The summed E-state index contributed by atoms with van der Waals surface area (Å²) in [5.41, 5.74) is 0. The van der Waals surface area contributed by atoms with Gasteiger partial charge < -0.3 is 19.7 Å². The van der Waals surface area contributed by atoms with Gasteiger partial charge in [-0.25, -0.2) is 0 Å². The molecule has 0 aliphatic carbocycles. The van der Waals surface area contributed by atoms with Crippen LogP contribution in [0, 0.1) is 0 Å². The summed E-state index contributed by atoms with van der Waals surface area (Å²) in [4.78, 5) is 25.7. The molecule has 2 aliphatic rings. The second-order valence-corrected chi connectivity index (χ2v) is 5.68. The van der Waals surface area contributed by atoms with E-state index in [-0.39, 0.29) is 24.5 Å². The Morgan fingerprint density at radius 1 is 1.22 bits per heavy atom. The van der Waals surface area contributed by atoms with Crippen LogP contribution >= 0.6 is 0 Å². The van der Waals surface area contributed by atoms with Crippen molar-refractivity contribution in [3.05, 3.63) is 36.9 Å². The summed E-state index contributed by atoms with van der Waals surface area (Å²) in [5.74, 6) is 1.04. The maximum absolute atomic E-state index is 12.6. The molecule has 122 valence electrons. The van der Waals surface area contributed by atoms with Gasteiger partial charge in [0, 0.05) is 19.1 Å².